The van der Waals surface area contributed by atoms with Crippen molar-refractivity contribution in [1.82, 2.24) is 0 Å². The third-order valence-electron chi connectivity index (χ3n) is 2.42. The first-order chi connectivity index (χ1) is 9.13. The molecule has 1 aromatic carbocycles. The van der Waals surface area contributed by atoms with E-state index < -0.39 is 0 Å². The summed E-state index contributed by atoms with van der Waals surface area (Å²) in [4.78, 5) is 23.1. The van der Waals surface area contributed by atoms with Crippen molar-refractivity contribution < 1.29 is 19.1 Å². The average molecular weight is 285 g/mol. The largest absolute Gasteiger partial charge is 0.463 e. The minimum Gasteiger partial charge on any atom is -0.463 e. The van der Waals surface area contributed by atoms with Crippen molar-refractivity contribution in [3.8, 4) is 0 Å². The zero-order valence-electron chi connectivity index (χ0n) is 10.9. The van der Waals surface area contributed by atoms with Crippen molar-refractivity contribution in [2.45, 2.75) is 19.8 Å². The van der Waals surface area contributed by atoms with E-state index in [4.69, 9.17) is 21.1 Å². The van der Waals surface area contributed by atoms with Gasteiger partial charge in [0, 0.05) is 23.6 Å². The average Bonchev–Trinajstić information content (AvgIpc) is 2.42. The number of hydrogen-bond acceptors (Lipinski definition) is 4. The molecule has 1 rings (SSSR count). The Balaban J connectivity index is 2.26. The lowest BCUT2D eigenvalue weighted by atomic mass is 10.1. The van der Waals surface area contributed by atoms with Crippen LogP contribution in [0.1, 0.15) is 30.1 Å². The Morgan fingerprint density at radius 1 is 1.11 bits per heavy atom. The second kappa shape index (κ2) is 8.67. The van der Waals surface area contributed by atoms with Crippen LogP contribution < -0.4 is 0 Å². The molecule has 104 valence electrons. The molecular weight excluding hydrogens is 268 g/mol. The maximum absolute atomic E-state index is 11.8. The Labute approximate surface area is 117 Å². The summed E-state index contributed by atoms with van der Waals surface area (Å²) >= 11 is 5.73. The summed E-state index contributed by atoms with van der Waals surface area (Å²) in [5.41, 5.74) is 0.548. The van der Waals surface area contributed by atoms with Gasteiger partial charge >= 0.3 is 5.97 Å². The number of rotatable bonds is 8. The van der Waals surface area contributed by atoms with Crippen molar-refractivity contribution >= 4 is 23.4 Å². The predicted molar refractivity (Wildman–Crippen MR) is 72.5 cm³/mol. The molecule has 1 aromatic rings. The number of hydrogen-bond donors (Lipinski definition) is 0. The molecule has 0 aliphatic heterocycles. The summed E-state index contributed by atoms with van der Waals surface area (Å²) < 4.78 is 9.95. The maximum atomic E-state index is 11.8. The van der Waals surface area contributed by atoms with Gasteiger partial charge in [0.2, 0.25) is 0 Å². The zero-order valence-corrected chi connectivity index (χ0v) is 11.6. The minimum absolute atomic E-state index is 0.0770. The van der Waals surface area contributed by atoms with E-state index in [0.717, 1.165) is 0 Å². The number of carbonyl (C=O) groups is 2. The van der Waals surface area contributed by atoms with Crippen LogP contribution >= 0.6 is 11.6 Å². The van der Waals surface area contributed by atoms with Gasteiger partial charge in [0.15, 0.2) is 5.78 Å². The first-order valence-electron chi connectivity index (χ1n) is 6.15. The molecule has 0 aromatic heterocycles. The molecule has 0 heterocycles. The fourth-order valence-corrected chi connectivity index (χ4v) is 1.55. The van der Waals surface area contributed by atoms with Gasteiger partial charge < -0.3 is 9.47 Å². The molecule has 0 spiro atoms. The maximum Gasteiger partial charge on any atom is 0.306 e. The number of halogens is 1. The molecule has 0 amide bonds. The summed E-state index contributed by atoms with van der Waals surface area (Å²) in [7, 11) is 0. The highest BCUT2D eigenvalue weighted by Gasteiger charge is 2.10. The van der Waals surface area contributed by atoms with Crippen molar-refractivity contribution in [2.24, 2.45) is 0 Å². The molecule has 19 heavy (non-hydrogen) atoms. The number of ketones is 1. The van der Waals surface area contributed by atoms with E-state index >= 15 is 0 Å². The van der Waals surface area contributed by atoms with E-state index in [1.165, 1.54) is 0 Å². The van der Waals surface area contributed by atoms with Gasteiger partial charge in [-0.25, -0.2) is 0 Å². The lowest BCUT2D eigenvalue weighted by Crippen LogP contribution is -2.12. The summed E-state index contributed by atoms with van der Waals surface area (Å²) in [6.07, 6.45) is 0.211. The molecule has 0 aliphatic carbocycles. The lowest BCUT2D eigenvalue weighted by Gasteiger charge is -2.04. The first-order valence-corrected chi connectivity index (χ1v) is 6.53. The Morgan fingerprint density at radius 3 is 2.42 bits per heavy atom. The van der Waals surface area contributed by atoms with Gasteiger partial charge in [0.1, 0.15) is 6.61 Å². The molecule has 0 saturated carbocycles. The Bertz CT molecular complexity index is 414. The highest BCUT2D eigenvalue weighted by Crippen LogP contribution is 2.12. The van der Waals surface area contributed by atoms with Crippen LogP contribution in [0.2, 0.25) is 5.02 Å². The quantitative estimate of drug-likeness (QED) is 0.418. The number of benzene rings is 1. The minimum atomic E-state index is -0.387. The lowest BCUT2D eigenvalue weighted by molar-refractivity contribution is -0.145. The summed E-state index contributed by atoms with van der Waals surface area (Å²) in [5, 5.41) is 0.576. The second-order valence-electron chi connectivity index (χ2n) is 3.85. The van der Waals surface area contributed by atoms with Crippen LogP contribution in [0, 0.1) is 0 Å². The van der Waals surface area contributed by atoms with Crippen molar-refractivity contribution in [1.29, 1.82) is 0 Å². The fraction of sp³-hybridized carbons (Fsp3) is 0.429. The van der Waals surface area contributed by atoms with E-state index in [9.17, 15) is 9.59 Å². The summed E-state index contributed by atoms with van der Waals surface area (Å²) in [5.74, 6) is -0.486. The Kier molecular flexibility index (Phi) is 7.15. The van der Waals surface area contributed by atoms with Crippen molar-refractivity contribution in [3.63, 3.8) is 0 Å². The molecule has 0 atom stereocenters. The topological polar surface area (TPSA) is 52.6 Å². The smallest absolute Gasteiger partial charge is 0.306 e. The molecule has 0 N–H and O–H groups in total. The van der Waals surface area contributed by atoms with Gasteiger partial charge in [-0.2, -0.15) is 0 Å². The number of ether oxygens (including phenoxy) is 2. The third-order valence-corrected chi connectivity index (χ3v) is 2.67. The van der Waals surface area contributed by atoms with Gasteiger partial charge in [-0.05, 0) is 31.2 Å². The first kappa shape index (κ1) is 15.7. The standard InChI is InChI=1S/C14H17ClO4/c1-2-18-9-10-19-14(17)8-7-13(16)11-3-5-12(15)6-4-11/h3-6H,2,7-10H2,1H3. The zero-order chi connectivity index (χ0) is 14.1. The molecule has 4 nitrogen and oxygen atoms in total. The predicted octanol–water partition coefficient (Wildman–Crippen LogP) is 2.88. The summed E-state index contributed by atoms with van der Waals surface area (Å²) in [6, 6.07) is 6.58. The molecule has 0 fully saturated rings. The van der Waals surface area contributed by atoms with Crippen LogP contribution in [0.4, 0.5) is 0 Å². The second-order valence-corrected chi connectivity index (χ2v) is 4.28. The molecule has 0 saturated heterocycles. The molecule has 0 radical (unpaired) electrons. The number of carbonyl (C=O) groups excluding carboxylic acids is 2. The monoisotopic (exact) mass is 284 g/mol. The number of Topliss-reactive ketones (excluding diaryl/α,β-unsaturated/α-hetero) is 1. The molecule has 5 heteroatoms. The van der Waals surface area contributed by atoms with Crippen molar-refractivity contribution in [3.05, 3.63) is 34.9 Å². The van der Waals surface area contributed by atoms with E-state index in [2.05, 4.69) is 0 Å². The molecular formula is C14H17ClO4. The third kappa shape index (κ3) is 6.36. The van der Waals surface area contributed by atoms with E-state index in [-0.39, 0.29) is 31.2 Å². The van der Waals surface area contributed by atoms with Gasteiger partial charge in [-0.3, -0.25) is 9.59 Å². The van der Waals surface area contributed by atoms with Crippen LogP contribution in [-0.2, 0) is 14.3 Å². The fourth-order valence-electron chi connectivity index (χ4n) is 1.43. The van der Waals surface area contributed by atoms with Gasteiger partial charge in [0.25, 0.3) is 0 Å². The van der Waals surface area contributed by atoms with E-state index in [1.54, 1.807) is 24.3 Å². The van der Waals surface area contributed by atoms with Crippen LogP contribution in [0.3, 0.4) is 0 Å². The van der Waals surface area contributed by atoms with Crippen molar-refractivity contribution in [2.75, 3.05) is 19.8 Å². The van der Waals surface area contributed by atoms with Crippen LogP contribution in [0.15, 0.2) is 24.3 Å². The van der Waals surface area contributed by atoms with Gasteiger partial charge in [0.05, 0.1) is 13.0 Å². The van der Waals surface area contributed by atoms with Crippen LogP contribution in [0.25, 0.3) is 0 Å². The molecule has 0 unspecified atom stereocenters. The Morgan fingerprint density at radius 2 is 1.79 bits per heavy atom. The highest BCUT2D eigenvalue weighted by atomic mass is 35.5. The normalized spacial score (nSPS) is 10.2. The van der Waals surface area contributed by atoms with Gasteiger partial charge in [-0.1, -0.05) is 11.6 Å². The molecule has 0 aliphatic rings. The SMILES string of the molecule is CCOCCOC(=O)CCC(=O)c1ccc(Cl)cc1. The van der Waals surface area contributed by atoms with Crippen LogP contribution in [0.5, 0.6) is 0 Å². The summed E-state index contributed by atoms with van der Waals surface area (Å²) in [6.45, 7) is 3.06. The van der Waals surface area contributed by atoms with E-state index in [1.807, 2.05) is 6.92 Å². The van der Waals surface area contributed by atoms with E-state index in [0.29, 0.717) is 23.8 Å². The number of esters is 1. The van der Waals surface area contributed by atoms with Crippen LogP contribution in [-0.4, -0.2) is 31.6 Å². The highest BCUT2D eigenvalue weighted by molar-refractivity contribution is 6.30. The molecule has 0 bridgehead atoms. The van der Waals surface area contributed by atoms with Gasteiger partial charge in [-0.15, -0.1) is 0 Å². The Hall–Kier alpha value is -1.39.